The molecule has 3 aromatic rings. The van der Waals surface area contributed by atoms with Crippen molar-refractivity contribution in [2.24, 2.45) is 0 Å². The first-order chi connectivity index (χ1) is 15.1. The number of unbranched alkanes of at least 4 members (excludes halogenated alkanes) is 1. The number of urea groups is 1. The van der Waals surface area contributed by atoms with Gasteiger partial charge in [0.15, 0.2) is 10.9 Å². The van der Waals surface area contributed by atoms with E-state index in [4.69, 9.17) is 9.15 Å². The molecule has 8 nitrogen and oxygen atoms in total. The number of nitrogens with zero attached hydrogens (tertiary/aromatic N) is 2. The number of amides is 3. The highest BCUT2D eigenvalue weighted by Crippen LogP contribution is 2.29. The lowest BCUT2D eigenvalue weighted by molar-refractivity contribution is 0.0996. The van der Waals surface area contributed by atoms with E-state index in [9.17, 15) is 9.59 Å². The van der Waals surface area contributed by atoms with Gasteiger partial charge in [-0.1, -0.05) is 24.7 Å². The minimum atomic E-state index is -0.340. The van der Waals surface area contributed by atoms with E-state index in [1.165, 1.54) is 17.6 Å². The highest BCUT2D eigenvalue weighted by Gasteiger charge is 2.25. The molecule has 0 atom stereocenters. The Bertz CT molecular complexity index is 1030. The summed E-state index contributed by atoms with van der Waals surface area (Å²) in [4.78, 5) is 32.0. The summed E-state index contributed by atoms with van der Waals surface area (Å²) in [5.74, 6) is 0.687. The van der Waals surface area contributed by atoms with Crippen molar-refractivity contribution >= 4 is 34.1 Å². The van der Waals surface area contributed by atoms with Crippen molar-refractivity contribution in [3.8, 4) is 5.75 Å². The Morgan fingerprint density at radius 1 is 1.23 bits per heavy atom. The summed E-state index contributed by atoms with van der Waals surface area (Å²) in [6.45, 7) is 3.83. The van der Waals surface area contributed by atoms with Gasteiger partial charge in [0, 0.05) is 23.5 Å². The molecular formula is C22H24N4O4S. The van der Waals surface area contributed by atoms with Gasteiger partial charge in [-0.05, 0) is 42.8 Å². The van der Waals surface area contributed by atoms with Crippen molar-refractivity contribution in [3.05, 3.63) is 59.0 Å². The lowest BCUT2D eigenvalue weighted by atomic mass is 10.2. The predicted octanol–water partition coefficient (Wildman–Crippen LogP) is 4.76. The largest absolute Gasteiger partial charge is 0.494 e. The van der Waals surface area contributed by atoms with Gasteiger partial charge in [0.05, 0.1) is 25.1 Å². The summed E-state index contributed by atoms with van der Waals surface area (Å²) in [6, 6.07) is 10.5. The van der Waals surface area contributed by atoms with Crippen LogP contribution in [0, 0.1) is 0 Å². The molecule has 1 aliphatic heterocycles. The first kappa shape index (κ1) is 20.9. The van der Waals surface area contributed by atoms with E-state index in [1.807, 2.05) is 24.3 Å². The van der Waals surface area contributed by atoms with Gasteiger partial charge in [-0.2, -0.15) is 0 Å². The number of carbonyl (C=O) groups excluding carboxylic acids is 2. The first-order valence-electron chi connectivity index (χ1n) is 10.2. The zero-order valence-corrected chi connectivity index (χ0v) is 18.0. The van der Waals surface area contributed by atoms with Crippen molar-refractivity contribution < 1.29 is 18.7 Å². The summed E-state index contributed by atoms with van der Waals surface area (Å²) in [5, 5.41) is 6.19. The number of furan rings is 1. The Hall–Kier alpha value is -3.33. The summed E-state index contributed by atoms with van der Waals surface area (Å²) >= 11 is 1.38. The smallest absolute Gasteiger partial charge is 0.322 e. The number of benzene rings is 1. The van der Waals surface area contributed by atoms with E-state index < -0.39 is 0 Å². The van der Waals surface area contributed by atoms with Gasteiger partial charge in [-0.3, -0.25) is 10.1 Å². The van der Waals surface area contributed by atoms with E-state index in [-0.39, 0.29) is 17.7 Å². The quantitative estimate of drug-likeness (QED) is 0.517. The van der Waals surface area contributed by atoms with E-state index in [0.29, 0.717) is 36.9 Å². The van der Waals surface area contributed by atoms with Crippen molar-refractivity contribution in [2.75, 3.05) is 23.8 Å². The molecule has 4 rings (SSSR count). The molecule has 2 N–H and O–H groups in total. The molecular weight excluding hydrogens is 416 g/mol. The number of fused-ring (bicyclic) bond motifs is 1. The van der Waals surface area contributed by atoms with Crippen LogP contribution >= 0.6 is 11.3 Å². The Morgan fingerprint density at radius 3 is 2.81 bits per heavy atom. The third-order valence-electron chi connectivity index (χ3n) is 4.86. The molecule has 0 saturated heterocycles. The zero-order valence-electron chi connectivity index (χ0n) is 17.2. The fourth-order valence-corrected chi connectivity index (χ4v) is 4.18. The van der Waals surface area contributed by atoms with Gasteiger partial charge in [0.25, 0.3) is 5.91 Å². The predicted molar refractivity (Wildman–Crippen MR) is 119 cm³/mol. The maximum absolute atomic E-state index is 12.7. The molecule has 0 bridgehead atoms. The van der Waals surface area contributed by atoms with Crippen LogP contribution in [0.3, 0.4) is 0 Å². The monoisotopic (exact) mass is 440 g/mol. The van der Waals surface area contributed by atoms with Gasteiger partial charge in [0.1, 0.15) is 5.75 Å². The second-order valence-corrected chi connectivity index (χ2v) is 8.23. The van der Waals surface area contributed by atoms with Crippen molar-refractivity contribution in [1.29, 1.82) is 0 Å². The summed E-state index contributed by atoms with van der Waals surface area (Å²) < 4.78 is 10.8. The van der Waals surface area contributed by atoms with Gasteiger partial charge in [0.2, 0.25) is 0 Å². The molecule has 3 amide bonds. The first-order valence-corrected chi connectivity index (χ1v) is 11.1. The summed E-state index contributed by atoms with van der Waals surface area (Å²) in [7, 11) is 0. The average Bonchev–Trinajstić information content (AvgIpc) is 3.44. The Morgan fingerprint density at radius 2 is 2.06 bits per heavy atom. The Kier molecular flexibility index (Phi) is 6.51. The molecule has 2 aromatic heterocycles. The zero-order chi connectivity index (χ0) is 21.6. The molecule has 0 unspecified atom stereocenters. The molecule has 1 aromatic carbocycles. The molecule has 162 valence electrons. The van der Waals surface area contributed by atoms with E-state index in [0.717, 1.165) is 29.2 Å². The fourth-order valence-electron chi connectivity index (χ4n) is 3.16. The van der Waals surface area contributed by atoms with E-state index in [2.05, 4.69) is 22.5 Å². The van der Waals surface area contributed by atoms with Crippen molar-refractivity contribution in [1.82, 2.24) is 9.88 Å². The van der Waals surface area contributed by atoms with Crippen LogP contribution in [0.15, 0.2) is 47.1 Å². The molecule has 0 radical (unpaired) electrons. The van der Waals surface area contributed by atoms with Crippen LogP contribution in [0.1, 0.15) is 40.9 Å². The van der Waals surface area contributed by atoms with Crippen LogP contribution < -0.4 is 15.4 Å². The van der Waals surface area contributed by atoms with Crippen LogP contribution in [-0.4, -0.2) is 35.0 Å². The molecule has 0 saturated carbocycles. The maximum atomic E-state index is 12.7. The number of rotatable bonds is 7. The molecule has 0 spiro atoms. The van der Waals surface area contributed by atoms with E-state index >= 15 is 0 Å². The van der Waals surface area contributed by atoms with Crippen LogP contribution in [0.5, 0.6) is 5.75 Å². The van der Waals surface area contributed by atoms with Gasteiger partial charge >= 0.3 is 6.03 Å². The van der Waals surface area contributed by atoms with Crippen LogP contribution in [0.25, 0.3) is 0 Å². The Labute approximate surface area is 184 Å². The topological polar surface area (TPSA) is 96.7 Å². The highest BCUT2D eigenvalue weighted by atomic mass is 32.1. The normalized spacial score (nSPS) is 12.9. The number of nitrogens with one attached hydrogen (secondary N) is 2. The number of ether oxygens (including phenoxy) is 1. The second kappa shape index (κ2) is 9.65. The van der Waals surface area contributed by atoms with E-state index in [1.54, 1.807) is 17.0 Å². The number of hydrogen-bond donors (Lipinski definition) is 2. The van der Waals surface area contributed by atoms with Crippen LogP contribution in [0.2, 0.25) is 0 Å². The van der Waals surface area contributed by atoms with Crippen LogP contribution in [0.4, 0.5) is 15.6 Å². The highest BCUT2D eigenvalue weighted by molar-refractivity contribution is 7.15. The SMILES string of the molecule is CCCCOc1ccc(NC(=O)N2CCc3nc(NC(=O)c4ccco4)sc3C2)cc1. The summed E-state index contributed by atoms with van der Waals surface area (Å²) in [5.41, 5.74) is 1.63. The minimum Gasteiger partial charge on any atom is -0.494 e. The number of aromatic nitrogens is 1. The molecule has 0 fully saturated rings. The number of anilines is 2. The van der Waals surface area contributed by atoms with Gasteiger partial charge in [-0.25, -0.2) is 9.78 Å². The number of carbonyl (C=O) groups is 2. The van der Waals surface area contributed by atoms with Crippen molar-refractivity contribution in [2.45, 2.75) is 32.7 Å². The third-order valence-corrected chi connectivity index (χ3v) is 5.85. The van der Waals surface area contributed by atoms with Crippen molar-refractivity contribution in [3.63, 3.8) is 0 Å². The number of thiazole rings is 1. The Balaban J connectivity index is 1.32. The summed E-state index contributed by atoms with van der Waals surface area (Å²) in [6.07, 6.45) is 4.19. The lowest BCUT2D eigenvalue weighted by Gasteiger charge is -2.26. The molecule has 31 heavy (non-hydrogen) atoms. The lowest BCUT2D eigenvalue weighted by Crippen LogP contribution is -2.38. The molecule has 3 heterocycles. The second-order valence-electron chi connectivity index (χ2n) is 7.15. The van der Waals surface area contributed by atoms with Crippen LogP contribution in [-0.2, 0) is 13.0 Å². The maximum Gasteiger partial charge on any atom is 0.322 e. The number of hydrogen-bond acceptors (Lipinski definition) is 6. The minimum absolute atomic E-state index is 0.167. The molecule has 0 aliphatic carbocycles. The third kappa shape index (κ3) is 5.24. The molecule has 9 heteroatoms. The molecule has 1 aliphatic rings. The van der Waals surface area contributed by atoms with Gasteiger partial charge < -0.3 is 19.4 Å². The standard InChI is InChI=1S/C22H24N4O4S/c1-2-3-12-29-16-8-6-15(7-9-16)23-22(28)26-11-10-17-19(14-26)31-21(24-17)25-20(27)18-5-4-13-30-18/h4-9,13H,2-3,10-12,14H2,1H3,(H,23,28)(H,24,25,27). The van der Waals surface area contributed by atoms with Gasteiger partial charge in [-0.15, -0.1) is 0 Å². The fraction of sp³-hybridized carbons (Fsp3) is 0.318. The average molecular weight is 441 g/mol.